The Hall–Kier alpha value is -0.190. The van der Waals surface area contributed by atoms with Crippen LogP contribution >= 0.6 is 39.3 Å². The zero-order valence-corrected chi connectivity index (χ0v) is 14.0. The van der Waals surface area contributed by atoms with Gasteiger partial charge in [-0.25, -0.2) is 0 Å². The summed E-state index contributed by atoms with van der Waals surface area (Å²) in [5.41, 5.74) is 0.599. The summed E-state index contributed by atoms with van der Waals surface area (Å²) in [6.45, 7) is 0.728. The van der Waals surface area contributed by atoms with Crippen LogP contribution in [0.3, 0.4) is 0 Å². The molecule has 1 N–H and O–H groups in total. The molecule has 0 radical (unpaired) electrons. The molecule has 0 aromatic heterocycles. The van der Waals surface area contributed by atoms with Crippen molar-refractivity contribution in [3.63, 3.8) is 0 Å². The molecule has 1 aliphatic rings. The number of amides is 1. The van der Waals surface area contributed by atoms with E-state index in [4.69, 9.17) is 11.6 Å². The molecule has 1 amide bonds. The minimum absolute atomic E-state index is 0.0605. The molecule has 104 valence electrons. The van der Waals surface area contributed by atoms with Crippen molar-refractivity contribution in [2.45, 2.75) is 30.4 Å². The van der Waals surface area contributed by atoms with Crippen LogP contribution in [-0.2, 0) is 0 Å². The maximum absolute atomic E-state index is 12.2. The molecule has 2 rings (SSSR count). The van der Waals surface area contributed by atoms with E-state index >= 15 is 0 Å². The van der Waals surface area contributed by atoms with E-state index in [-0.39, 0.29) is 10.7 Å². The number of hydrogen-bond donors (Lipinski definition) is 1. The molecule has 19 heavy (non-hydrogen) atoms. The van der Waals surface area contributed by atoms with Gasteiger partial charge in [-0.05, 0) is 53.2 Å². The number of rotatable bonds is 4. The number of carbonyl (C=O) groups excluding carboxylic acids is 1. The van der Waals surface area contributed by atoms with Gasteiger partial charge in [0.2, 0.25) is 0 Å². The van der Waals surface area contributed by atoms with Gasteiger partial charge in [0.1, 0.15) is 0 Å². The topological polar surface area (TPSA) is 29.1 Å². The van der Waals surface area contributed by atoms with Crippen LogP contribution < -0.4 is 5.32 Å². The van der Waals surface area contributed by atoms with Crippen LogP contribution in [-0.4, -0.2) is 23.5 Å². The molecule has 0 saturated heterocycles. The Morgan fingerprint density at radius 2 is 2.16 bits per heavy atom. The highest BCUT2D eigenvalue weighted by Crippen LogP contribution is 2.39. The molecule has 1 aromatic carbocycles. The van der Waals surface area contributed by atoms with E-state index < -0.39 is 0 Å². The van der Waals surface area contributed by atoms with Crippen LogP contribution in [0.5, 0.6) is 0 Å². The first-order chi connectivity index (χ1) is 9.06. The molecular weight excluding hydrogens is 346 g/mol. The van der Waals surface area contributed by atoms with Crippen molar-refractivity contribution in [3.8, 4) is 0 Å². The number of carbonyl (C=O) groups is 1. The van der Waals surface area contributed by atoms with E-state index in [9.17, 15) is 4.79 Å². The van der Waals surface area contributed by atoms with Crippen molar-refractivity contribution in [1.82, 2.24) is 5.32 Å². The summed E-state index contributed by atoms with van der Waals surface area (Å²) in [6.07, 6.45) is 7.03. The molecule has 0 bridgehead atoms. The van der Waals surface area contributed by atoms with Gasteiger partial charge >= 0.3 is 0 Å². The molecule has 0 unspecified atom stereocenters. The molecule has 5 heteroatoms. The van der Waals surface area contributed by atoms with E-state index in [1.165, 1.54) is 25.7 Å². The van der Waals surface area contributed by atoms with E-state index in [2.05, 4.69) is 27.5 Å². The summed E-state index contributed by atoms with van der Waals surface area (Å²) in [6, 6.07) is 5.27. The first-order valence-corrected chi connectivity index (χ1v) is 8.74. The van der Waals surface area contributed by atoms with Crippen molar-refractivity contribution in [3.05, 3.63) is 33.3 Å². The van der Waals surface area contributed by atoms with Gasteiger partial charge in [-0.3, -0.25) is 4.79 Å². The summed E-state index contributed by atoms with van der Waals surface area (Å²) < 4.78 is 1.000. The van der Waals surface area contributed by atoms with Gasteiger partial charge in [0, 0.05) is 20.8 Å². The minimum atomic E-state index is -0.0605. The van der Waals surface area contributed by atoms with Crippen molar-refractivity contribution in [2.75, 3.05) is 12.8 Å². The Morgan fingerprint density at radius 1 is 1.47 bits per heavy atom. The minimum Gasteiger partial charge on any atom is -0.351 e. The van der Waals surface area contributed by atoms with Gasteiger partial charge < -0.3 is 5.32 Å². The molecule has 1 fully saturated rings. The second-order valence-corrected chi connectivity index (χ2v) is 7.47. The van der Waals surface area contributed by atoms with Crippen LogP contribution in [0, 0.1) is 0 Å². The van der Waals surface area contributed by atoms with Crippen LogP contribution in [0.15, 0.2) is 22.7 Å². The SMILES string of the molecule is CSC1(CNC(=O)c2cc(Cl)ccc2Br)CCCC1. The summed E-state index contributed by atoms with van der Waals surface area (Å²) in [7, 11) is 0. The molecule has 1 aliphatic carbocycles. The lowest BCUT2D eigenvalue weighted by Crippen LogP contribution is -2.38. The zero-order valence-electron chi connectivity index (χ0n) is 10.8. The van der Waals surface area contributed by atoms with Crippen molar-refractivity contribution in [2.24, 2.45) is 0 Å². The predicted molar refractivity (Wildman–Crippen MR) is 86.2 cm³/mol. The fourth-order valence-corrected chi connectivity index (χ4v) is 3.99. The van der Waals surface area contributed by atoms with E-state index in [1.807, 2.05) is 11.8 Å². The largest absolute Gasteiger partial charge is 0.351 e. The normalized spacial score (nSPS) is 17.4. The third-order valence-electron chi connectivity index (χ3n) is 3.69. The second-order valence-electron chi connectivity index (χ2n) is 4.90. The standard InChI is InChI=1S/C14H17BrClNOS/c1-19-14(6-2-3-7-14)9-17-13(18)11-8-10(16)4-5-12(11)15/h4-5,8H,2-3,6-7,9H2,1H3,(H,17,18). The highest BCUT2D eigenvalue weighted by atomic mass is 79.9. The summed E-state index contributed by atoms with van der Waals surface area (Å²) in [4.78, 5) is 12.2. The van der Waals surface area contributed by atoms with Gasteiger partial charge in [-0.15, -0.1) is 0 Å². The second kappa shape index (κ2) is 6.51. The number of nitrogens with one attached hydrogen (secondary N) is 1. The monoisotopic (exact) mass is 361 g/mol. The van der Waals surface area contributed by atoms with Crippen LogP contribution in [0.1, 0.15) is 36.0 Å². The lowest BCUT2D eigenvalue weighted by Gasteiger charge is -2.27. The Kier molecular flexibility index (Phi) is 5.21. The maximum Gasteiger partial charge on any atom is 0.252 e. The summed E-state index contributed by atoms with van der Waals surface area (Å²) in [5.74, 6) is -0.0605. The van der Waals surface area contributed by atoms with Crippen LogP contribution in [0.4, 0.5) is 0 Å². The van der Waals surface area contributed by atoms with Gasteiger partial charge in [0.05, 0.1) is 5.56 Å². The molecule has 2 nitrogen and oxygen atoms in total. The summed E-state index contributed by atoms with van der Waals surface area (Å²) in [5, 5.41) is 3.63. The lowest BCUT2D eigenvalue weighted by atomic mass is 10.1. The Morgan fingerprint density at radius 3 is 2.79 bits per heavy atom. The lowest BCUT2D eigenvalue weighted by molar-refractivity contribution is 0.0949. The Bertz CT molecular complexity index is 475. The first-order valence-electron chi connectivity index (χ1n) is 6.35. The number of thioether (sulfide) groups is 1. The highest BCUT2D eigenvalue weighted by molar-refractivity contribution is 9.10. The first kappa shape index (κ1) is 15.2. The smallest absolute Gasteiger partial charge is 0.252 e. The molecule has 0 heterocycles. The van der Waals surface area contributed by atoms with Crippen molar-refractivity contribution >= 4 is 45.2 Å². The molecule has 0 spiro atoms. The third-order valence-corrected chi connectivity index (χ3v) is 6.04. The molecule has 0 atom stereocenters. The van der Waals surface area contributed by atoms with Crippen LogP contribution in [0.25, 0.3) is 0 Å². The molecule has 1 saturated carbocycles. The van der Waals surface area contributed by atoms with Gasteiger partial charge in [0.25, 0.3) is 5.91 Å². The number of halogens is 2. The van der Waals surface area contributed by atoms with Crippen molar-refractivity contribution in [1.29, 1.82) is 0 Å². The Labute approximate surface area is 131 Å². The van der Waals surface area contributed by atoms with E-state index in [1.54, 1.807) is 18.2 Å². The third kappa shape index (κ3) is 3.67. The molecule has 1 aromatic rings. The van der Waals surface area contributed by atoms with Crippen LogP contribution in [0.2, 0.25) is 5.02 Å². The molecular formula is C14H17BrClNOS. The fraction of sp³-hybridized carbons (Fsp3) is 0.500. The predicted octanol–water partition coefficient (Wildman–Crippen LogP) is 4.51. The average molecular weight is 363 g/mol. The zero-order chi connectivity index (χ0) is 13.9. The van der Waals surface area contributed by atoms with Gasteiger partial charge in [-0.2, -0.15) is 11.8 Å². The quantitative estimate of drug-likeness (QED) is 0.854. The highest BCUT2D eigenvalue weighted by Gasteiger charge is 2.33. The average Bonchev–Trinajstić information content (AvgIpc) is 2.88. The van der Waals surface area contributed by atoms with Gasteiger partial charge in [0.15, 0.2) is 0 Å². The number of hydrogen-bond acceptors (Lipinski definition) is 2. The summed E-state index contributed by atoms with van der Waals surface area (Å²) >= 11 is 11.2. The van der Waals surface area contributed by atoms with E-state index in [0.717, 1.165) is 11.0 Å². The van der Waals surface area contributed by atoms with Gasteiger partial charge in [-0.1, -0.05) is 24.4 Å². The number of benzene rings is 1. The maximum atomic E-state index is 12.2. The van der Waals surface area contributed by atoms with Crippen molar-refractivity contribution < 1.29 is 4.79 Å². The molecule has 0 aliphatic heterocycles. The fourth-order valence-electron chi connectivity index (χ4n) is 2.48. The Balaban J connectivity index is 2.03. The van der Waals surface area contributed by atoms with E-state index in [0.29, 0.717) is 10.6 Å².